The summed E-state index contributed by atoms with van der Waals surface area (Å²) in [5.74, 6) is 1.61. The largest absolute Gasteiger partial charge is 0.457 e. The van der Waals surface area contributed by atoms with Gasteiger partial charge in [-0.25, -0.2) is 9.40 Å². The third kappa shape index (κ3) is 2.75. The lowest BCUT2D eigenvalue weighted by atomic mass is 10.2. The Hall–Kier alpha value is -2.51. The fourth-order valence-electron chi connectivity index (χ4n) is 3.36. The van der Waals surface area contributed by atoms with E-state index < -0.39 is 0 Å². The molecule has 0 saturated carbocycles. The molecule has 3 heterocycles. The van der Waals surface area contributed by atoms with Gasteiger partial charge in [-0.1, -0.05) is 11.3 Å². The molecule has 1 N–H and O–H groups in total. The van der Waals surface area contributed by atoms with Gasteiger partial charge in [-0.3, -0.25) is 0 Å². The van der Waals surface area contributed by atoms with Crippen molar-refractivity contribution < 1.29 is 4.74 Å². The van der Waals surface area contributed by atoms with Crippen LogP contribution in [0.25, 0.3) is 5.69 Å². The maximum atomic E-state index is 6.07. The predicted octanol–water partition coefficient (Wildman–Crippen LogP) is 3.60. The van der Waals surface area contributed by atoms with Gasteiger partial charge in [0.25, 0.3) is 0 Å². The lowest BCUT2D eigenvalue weighted by Crippen LogP contribution is -2.41. The zero-order chi connectivity index (χ0) is 16.6. The third-order valence-corrected chi connectivity index (χ3v) is 5.48. The number of rotatable bonds is 3. The molecule has 0 aliphatic carbocycles. The lowest BCUT2D eigenvalue weighted by Gasteiger charge is -2.33. The van der Waals surface area contributed by atoms with Crippen molar-refractivity contribution in [3.05, 3.63) is 54.9 Å². The van der Waals surface area contributed by atoms with E-state index in [1.165, 1.54) is 23.4 Å². The normalized spacial score (nSPS) is 18.7. The Kier molecular flexibility index (Phi) is 3.61. The van der Waals surface area contributed by atoms with E-state index in [1.807, 2.05) is 36.5 Å². The molecule has 2 aliphatic rings. The molecule has 1 saturated heterocycles. The van der Waals surface area contributed by atoms with Crippen molar-refractivity contribution in [3.63, 3.8) is 0 Å². The van der Waals surface area contributed by atoms with Crippen LogP contribution in [0.2, 0.25) is 0 Å². The number of nitrogens with one attached hydrogen (secondary N) is 1. The summed E-state index contributed by atoms with van der Waals surface area (Å²) in [7, 11) is 0. The van der Waals surface area contributed by atoms with Crippen molar-refractivity contribution in [3.8, 4) is 17.2 Å². The highest BCUT2D eigenvalue weighted by atomic mass is 32.2. The summed E-state index contributed by atoms with van der Waals surface area (Å²) in [6.07, 6.45) is 6.38. The Morgan fingerprint density at radius 3 is 3.04 bits per heavy atom. The zero-order valence-electron chi connectivity index (χ0n) is 13.5. The first-order chi connectivity index (χ1) is 12.4. The minimum atomic E-state index is 0.462. The van der Waals surface area contributed by atoms with Gasteiger partial charge in [0.05, 0.1) is 29.9 Å². The number of nitrogens with zero attached hydrogens (tertiary/aromatic N) is 4. The van der Waals surface area contributed by atoms with Crippen LogP contribution in [-0.4, -0.2) is 27.7 Å². The highest BCUT2D eigenvalue weighted by Gasteiger charge is 2.30. The van der Waals surface area contributed by atoms with Crippen LogP contribution in [0.15, 0.2) is 59.8 Å². The summed E-state index contributed by atoms with van der Waals surface area (Å²) in [5.41, 5.74) is 2.22. The van der Waals surface area contributed by atoms with Crippen molar-refractivity contribution in [2.75, 3.05) is 11.4 Å². The first-order valence-corrected chi connectivity index (χ1v) is 9.16. The standard InChI is InChI=1S/C18H17N5OS/c1-3-13(23-10-8-19-21-23)11-14(4-1)24-15-6-7-16-17(12-15)25-20-18-5-2-9-22(16)18/h1,3-4,6-8,10-12,18,20H,2,5,9H2. The molecule has 1 atom stereocenters. The van der Waals surface area contributed by atoms with Gasteiger partial charge in [0, 0.05) is 17.5 Å². The number of fused-ring (bicyclic) bond motifs is 3. The minimum Gasteiger partial charge on any atom is -0.457 e. The second kappa shape index (κ2) is 6.09. The molecule has 2 aromatic carbocycles. The van der Waals surface area contributed by atoms with Crippen LogP contribution in [-0.2, 0) is 0 Å². The monoisotopic (exact) mass is 351 g/mol. The smallest absolute Gasteiger partial charge is 0.129 e. The average molecular weight is 351 g/mol. The molecule has 25 heavy (non-hydrogen) atoms. The number of hydrogen-bond acceptors (Lipinski definition) is 6. The molecule has 6 nitrogen and oxygen atoms in total. The van der Waals surface area contributed by atoms with Crippen LogP contribution in [0.4, 0.5) is 5.69 Å². The van der Waals surface area contributed by atoms with Gasteiger partial charge in [-0.15, -0.1) is 5.10 Å². The third-order valence-electron chi connectivity index (χ3n) is 4.54. The molecule has 2 aliphatic heterocycles. The highest BCUT2D eigenvalue weighted by Crippen LogP contribution is 2.40. The molecule has 0 amide bonds. The van der Waals surface area contributed by atoms with E-state index in [-0.39, 0.29) is 0 Å². The van der Waals surface area contributed by atoms with Gasteiger partial charge < -0.3 is 9.64 Å². The van der Waals surface area contributed by atoms with Crippen LogP contribution < -0.4 is 14.4 Å². The molecular formula is C18H17N5OS. The molecular weight excluding hydrogens is 334 g/mol. The van der Waals surface area contributed by atoms with Crippen LogP contribution in [0.5, 0.6) is 11.5 Å². The van der Waals surface area contributed by atoms with E-state index in [9.17, 15) is 0 Å². The fraction of sp³-hybridized carbons (Fsp3) is 0.222. The number of benzene rings is 2. The molecule has 0 radical (unpaired) electrons. The van der Waals surface area contributed by atoms with Gasteiger partial charge in [-0.2, -0.15) is 0 Å². The summed E-state index contributed by atoms with van der Waals surface area (Å²) in [4.78, 5) is 3.66. The van der Waals surface area contributed by atoms with Crippen LogP contribution in [0, 0.1) is 0 Å². The fourth-order valence-corrected chi connectivity index (χ4v) is 4.33. The summed E-state index contributed by atoms with van der Waals surface area (Å²) >= 11 is 1.70. The summed E-state index contributed by atoms with van der Waals surface area (Å²) < 4.78 is 11.3. The zero-order valence-corrected chi connectivity index (χ0v) is 14.3. The first-order valence-electron chi connectivity index (χ1n) is 8.34. The number of anilines is 1. The second-order valence-electron chi connectivity index (χ2n) is 6.15. The molecule has 0 spiro atoms. The van der Waals surface area contributed by atoms with Gasteiger partial charge >= 0.3 is 0 Å². The molecule has 3 aromatic rings. The second-order valence-corrected chi connectivity index (χ2v) is 7.03. The van der Waals surface area contributed by atoms with Crippen molar-refractivity contribution in [2.45, 2.75) is 23.9 Å². The Morgan fingerprint density at radius 2 is 2.12 bits per heavy atom. The molecule has 7 heteroatoms. The number of hydrogen-bond donors (Lipinski definition) is 1. The molecule has 1 aromatic heterocycles. The van der Waals surface area contributed by atoms with Crippen LogP contribution in [0.1, 0.15) is 12.8 Å². The van der Waals surface area contributed by atoms with Gasteiger partial charge in [0.15, 0.2) is 0 Å². The van der Waals surface area contributed by atoms with Crippen LogP contribution in [0.3, 0.4) is 0 Å². The van der Waals surface area contributed by atoms with E-state index in [0.29, 0.717) is 6.17 Å². The van der Waals surface area contributed by atoms with E-state index in [4.69, 9.17) is 4.74 Å². The molecule has 0 bridgehead atoms. The maximum absolute atomic E-state index is 6.07. The van der Waals surface area contributed by atoms with Gasteiger partial charge in [0.2, 0.25) is 0 Å². The quantitative estimate of drug-likeness (QED) is 0.728. The number of aromatic nitrogens is 3. The van der Waals surface area contributed by atoms with E-state index >= 15 is 0 Å². The molecule has 5 rings (SSSR count). The Bertz CT molecular complexity index is 898. The van der Waals surface area contributed by atoms with Crippen molar-refractivity contribution in [1.29, 1.82) is 0 Å². The summed E-state index contributed by atoms with van der Waals surface area (Å²) in [6.45, 7) is 1.12. The Balaban J connectivity index is 1.41. The van der Waals surface area contributed by atoms with Crippen molar-refractivity contribution in [2.24, 2.45) is 0 Å². The van der Waals surface area contributed by atoms with Crippen molar-refractivity contribution in [1.82, 2.24) is 19.7 Å². The topological polar surface area (TPSA) is 55.2 Å². The van der Waals surface area contributed by atoms with E-state index in [0.717, 1.165) is 23.7 Å². The van der Waals surface area contributed by atoms with Crippen molar-refractivity contribution >= 4 is 17.6 Å². The van der Waals surface area contributed by atoms with Crippen LogP contribution >= 0.6 is 11.9 Å². The molecule has 1 unspecified atom stereocenters. The van der Waals surface area contributed by atoms with E-state index in [1.54, 1.807) is 22.8 Å². The first kappa shape index (κ1) is 14.8. The SMILES string of the molecule is c1cc(Oc2ccc3c(c2)SNC2CCCN32)cc(-n2ccnn2)c1. The Labute approximate surface area is 149 Å². The predicted molar refractivity (Wildman–Crippen MR) is 97.2 cm³/mol. The number of ether oxygens (including phenoxy) is 1. The van der Waals surface area contributed by atoms with Gasteiger partial charge in [0.1, 0.15) is 11.5 Å². The minimum absolute atomic E-state index is 0.462. The summed E-state index contributed by atoms with van der Waals surface area (Å²) in [5, 5.41) is 7.86. The molecule has 1 fully saturated rings. The molecule has 126 valence electrons. The Morgan fingerprint density at radius 1 is 1.16 bits per heavy atom. The average Bonchev–Trinajstić information content (AvgIpc) is 3.33. The van der Waals surface area contributed by atoms with E-state index in [2.05, 4.69) is 32.1 Å². The van der Waals surface area contributed by atoms with Gasteiger partial charge in [-0.05, 0) is 55.1 Å². The highest BCUT2D eigenvalue weighted by molar-refractivity contribution is 7.97. The maximum Gasteiger partial charge on any atom is 0.129 e. The lowest BCUT2D eigenvalue weighted by molar-refractivity contribution is 0.480. The summed E-state index contributed by atoms with van der Waals surface area (Å²) in [6, 6.07) is 14.1.